The van der Waals surface area contributed by atoms with Crippen molar-refractivity contribution in [2.24, 2.45) is 0 Å². The minimum atomic E-state index is -0.230. The predicted octanol–water partition coefficient (Wildman–Crippen LogP) is 1.10. The highest BCUT2D eigenvalue weighted by atomic mass is 19.1. The molecule has 0 bridgehead atoms. The first kappa shape index (κ1) is 22.0. The number of carbonyl (C=O) groups excluding carboxylic acids is 2. The van der Waals surface area contributed by atoms with Gasteiger partial charge in [0.25, 0.3) is 0 Å². The van der Waals surface area contributed by atoms with Gasteiger partial charge in [0.1, 0.15) is 5.82 Å². The van der Waals surface area contributed by atoms with E-state index in [9.17, 15) is 14.0 Å². The third kappa shape index (κ3) is 5.36. The molecule has 1 aromatic carbocycles. The molecule has 3 heterocycles. The number of amides is 2. The number of hydrogen-bond acceptors (Lipinski definition) is 5. The standard InChI is InChI=1S/C23H34FN5O2/c1-19(26-12-10-25(11-13-26)18-22(30)28-8-2-3-9-28)23(31)29-16-14-27(15-17-29)21-6-4-20(24)5-7-21/h4-7,19H,2-3,8-18H2,1H3. The van der Waals surface area contributed by atoms with E-state index in [0.29, 0.717) is 19.6 Å². The van der Waals surface area contributed by atoms with Gasteiger partial charge in [0.05, 0.1) is 12.6 Å². The Bertz CT molecular complexity index is 752. The molecule has 0 saturated carbocycles. The molecule has 1 aromatic rings. The molecule has 0 radical (unpaired) electrons. The van der Waals surface area contributed by atoms with Gasteiger partial charge >= 0.3 is 0 Å². The highest BCUT2D eigenvalue weighted by molar-refractivity contribution is 5.82. The van der Waals surface area contributed by atoms with Gasteiger partial charge in [-0.2, -0.15) is 0 Å². The second-order valence-electron chi connectivity index (χ2n) is 8.86. The molecule has 0 N–H and O–H groups in total. The number of benzene rings is 1. The van der Waals surface area contributed by atoms with Gasteiger partial charge in [-0.15, -0.1) is 0 Å². The summed E-state index contributed by atoms with van der Waals surface area (Å²) in [6.07, 6.45) is 2.24. The van der Waals surface area contributed by atoms with E-state index in [1.165, 1.54) is 12.1 Å². The van der Waals surface area contributed by atoms with Crippen molar-refractivity contribution < 1.29 is 14.0 Å². The molecule has 1 atom stereocenters. The lowest BCUT2D eigenvalue weighted by atomic mass is 10.1. The Labute approximate surface area is 184 Å². The van der Waals surface area contributed by atoms with Crippen LogP contribution in [0.15, 0.2) is 24.3 Å². The Kier molecular flexibility index (Phi) is 7.07. The Morgan fingerprint density at radius 1 is 0.839 bits per heavy atom. The first-order chi connectivity index (χ1) is 15.0. The van der Waals surface area contributed by atoms with Crippen molar-refractivity contribution in [1.29, 1.82) is 0 Å². The second kappa shape index (κ2) is 9.96. The zero-order valence-electron chi connectivity index (χ0n) is 18.5. The molecule has 170 valence electrons. The van der Waals surface area contributed by atoms with Gasteiger partial charge in [0.15, 0.2) is 0 Å². The number of halogens is 1. The number of anilines is 1. The Morgan fingerprint density at radius 3 is 2.06 bits per heavy atom. The predicted molar refractivity (Wildman–Crippen MR) is 118 cm³/mol. The van der Waals surface area contributed by atoms with Gasteiger partial charge in [-0.1, -0.05) is 0 Å². The van der Waals surface area contributed by atoms with E-state index in [1.807, 2.05) is 16.7 Å². The molecule has 0 aliphatic carbocycles. The van der Waals surface area contributed by atoms with Crippen LogP contribution in [0, 0.1) is 5.82 Å². The van der Waals surface area contributed by atoms with Crippen molar-refractivity contribution in [3.63, 3.8) is 0 Å². The highest BCUT2D eigenvalue weighted by Crippen LogP contribution is 2.18. The molecular weight excluding hydrogens is 397 g/mol. The summed E-state index contributed by atoms with van der Waals surface area (Å²) >= 11 is 0. The maximum absolute atomic E-state index is 13.1. The van der Waals surface area contributed by atoms with E-state index in [1.54, 1.807) is 12.1 Å². The van der Waals surface area contributed by atoms with E-state index >= 15 is 0 Å². The van der Waals surface area contributed by atoms with Gasteiger partial charge in [0, 0.05) is 71.1 Å². The number of carbonyl (C=O) groups is 2. The van der Waals surface area contributed by atoms with E-state index in [2.05, 4.69) is 14.7 Å². The Morgan fingerprint density at radius 2 is 1.45 bits per heavy atom. The van der Waals surface area contributed by atoms with Crippen LogP contribution in [-0.2, 0) is 9.59 Å². The number of piperazine rings is 2. The van der Waals surface area contributed by atoms with Crippen LogP contribution in [0.1, 0.15) is 19.8 Å². The van der Waals surface area contributed by atoms with Crippen LogP contribution in [0.25, 0.3) is 0 Å². The van der Waals surface area contributed by atoms with Crippen LogP contribution < -0.4 is 4.90 Å². The van der Waals surface area contributed by atoms with Gasteiger partial charge in [0.2, 0.25) is 11.8 Å². The van der Waals surface area contributed by atoms with Crippen LogP contribution >= 0.6 is 0 Å². The second-order valence-corrected chi connectivity index (χ2v) is 8.86. The van der Waals surface area contributed by atoms with Crippen LogP contribution in [-0.4, -0.2) is 109 Å². The van der Waals surface area contributed by atoms with Gasteiger partial charge < -0.3 is 14.7 Å². The zero-order valence-corrected chi connectivity index (χ0v) is 18.5. The first-order valence-electron chi connectivity index (χ1n) is 11.5. The molecule has 7 nitrogen and oxygen atoms in total. The number of nitrogens with zero attached hydrogens (tertiary/aromatic N) is 5. The van der Waals surface area contributed by atoms with Crippen LogP contribution in [0.3, 0.4) is 0 Å². The normalized spacial score (nSPS) is 22.1. The fourth-order valence-electron chi connectivity index (χ4n) is 4.82. The molecule has 31 heavy (non-hydrogen) atoms. The van der Waals surface area contributed by atoms with Crippen molar-refractivity contribution in [2.45, 2.75) is 25.8 Å². The maximum Gasteiger partial charge on any atom is 0.239 e. The van der Waals surface area contributed by atoms with Gasteiger partial charge in [-0.25, -0.2) is 4.39 Å². The minimum absolute atomic E-state index is 0.145. The molecule has 3 aliphatic rings. The number of likely N-dealkylation sites (tertiary alicyclic amines) is 1. The van der Waals surface area contributed by atoms with E-state index in [0.717, 1.165) is 70.9 Å². The lowest BCUT2D eigenvalue weighted by Gasteiger charge is -2.41. The summed E-state index contributed by atoms with van der Waals surface area (Å²) in [5.74, 6) is 0.196. The van der Waals surface area contributed by atoms with Crippen molar-refractivity contribution >= 4 is 17.5 Å². The van der Waals surface area contributed by atoms with Crippen molar-refractivity contribution in [3.8, 4) is 0 Å². The molecule has 2 amide bonds. The summed E-state index contributed by atoms with van der Waals surface area (Å²) in [6.45, 7) is 10.5. The quantitative estimate of drug-likeness (QED) is 0.699. The molecule has 8 heteroatoms. The topological polar surface area (TPSA) is 50.3 Å². The molecule has 1 unspecified atom stereocenters. The van der Waals surface area contributed by atoms with Gasteiger partial charge in [-0.3, -0.25) is 19.4 Å². The van der Waals surface area contributed by atoms with Crippen LogP contribution in [0.4, 0.5) is 10.1 Å². The fraction of sp³-hybridized carbons (Fsp3) is 0.652. The van der Waals surface area contributed by atoms with Crippen molar-refractivity contribution in [1.82, 2.24) is 19.6 Å². The van der Waals surface area contributed by atoms with Crippen molar-refractivity contribution in [2.75, 3.05) is 76.9 Å². The van der Waals surface area contributed by atoms with E-state index < -0.39 is 0 Å². The average molecular weight is 432 g/mol. The Hall–Kier alpha value is -2.19. The monoisotopic (exact) mass is 431 g/mol. The van der Waals surface area contributed by atoms with E-state index in [-0.39, 0.29) is 23.7 Å². The minimum Gasteiger partial charge on any atom is -0.368 e. The largest absolute Gasteiger partial charge is 0.368 e. The zero-order chi connectivity index (χ0) is 21.8. The molecule has 0 spiro atoms. The molecule has 3 saturated heterocycles. The lowest BCUT2D eigenvalue weighted by molar-refractivity contribution is -0.138. The summed E-state index contributed by atoms with van der Waals surface area (Å²) in [4.78, 5) is 36.0. The summed E-state index contributed by atoms with van der Waals surface area (Å²) in [6, 6.07) is 6.40. The SMILES string of the molecule is CC(C(=O)N1CCN(c2ccc(F)cc2)CC1)N1CCN(CC(=O)N2CCCC2)CC1. The molecule has 0 aromatic heterocycles. The Balaban J connectivity index is 1.21. The molecule has 3 fully saturated rings. The van der Waals surface area contributed by atoms with E-state index in [4.69, 9.17) is 0 Å². The third-order valence-corrected chi connectivity index (χ3v) is 6.91. The highest BCUT2D eigenvalue weighted by Gasteiger charge is 2.31. The summed E-state index contributed by atoms with van der Waals surface area (Å²) in [7, 11) is 0. The fourth-order valence-corrected chi connectivity index (χ4v) is 4.82. The molecule has 4 rings (SSSR count). The smallest absolute Gasteiger partial charge is 0.239 e. The summed E-state index contributed by atoms with van der Waals surface area (Å²) < 4.78 is 13.1. The maximum atomic E-state index is 13.1. The third-order valence-electron chi connectivity index (χ3n) is 6.91. The molecule has 3 aliphatic heterocycles. The van der Waals surface area contributed by atoms with Crippen molar-refractivity contribution in [3.05, 3.63) is 30.1 Å². The summed E-state index contributed by atoms with van der Waals surface area (Å²) in [5.41, 5.74) is 1.00. The number of rotatable bonds is 5. The van der Waals surface area contributed by atoms with Gasteiger partial charge in [-0.05, 0) is 44.0 Å². The average Bonchev–Trinajstić information content (AvgIpc) is 3.35. The number of hydrogen-bond donors (Lipinski definition) is 0. The molecular formula is C23H34FN5O2. The lowest BCUT2D eigenvalue weighted by Crippen LogP contribution is -2.58. The van der Waals surface area contributed by atoms with Crippen LogP contribution in [0.5, 0.6) is 0 Å². The van der Waals surface area contributed by atoms with Crippen LogP contribution in [0.2, 0.25) is 0 Å². The first-order valence-corrected chi connectivity index (χ1v) is 11.5. The summed E-state index contributed by atoms with van der Waals surface area (Å²) in [5, 5.41) is 0.